The lowest BCUT2D eigenvalue weighted by Crippen LogP contribution is -2.55. The van der Waals surface area contributed by atoms with Crippen molar-refractivity contribution in [3.05, 3.63) is 30.3 Å². The van der Waals surface area contributed by atoms with Crippen molar-refractivity contribution in [1.82, 2.24) is 10.2 Å². The molecule has 1 aliphatic heterocycles. The number of hydrogen-bond donors (Lipinski definition) is 4. The van der Waals surface area contributed by atoms with Crippen molar-refractivity contribution in [2.24, 2.45) is 0 Å². The van der Waals surface area contributed by atoms with Crippen LogP contribution in [-0.4, -0.2) is 70.5 Å². The van der Waals surface area contributed by atoms with Crippen LogP contribution in [0, 0.1) is 0 Å². The number of nitrogens with one attached hydrogen (secondary N) is 1. The third-order valence-corrected chi connectivity index (χ3v) is 2.85. The number of nitrogens with zero attached hydrogens (tertiary/aromatic N) is 1. The van der Waals surface area contributed by atoms with Crippen LogP contribution in [0.4, 0.5) is 4.79 Å². The maximum Gasteiger partial charge on any atom is 0.407 e. The molecule has 1 heterocycles. The predicted octanol–water partition coefficient (Wildman–Crippen LogP) is 0.173. The molecular formula is C14H18N2O7. The fourth-order valence-electron chi connectivity index (χ4n) is 1.75. The highest BCUT2D eigenvalue weighted by Gasteiger charge is 2.27. The molecule has 23 heavy (non-hydrogen) atoms. The Morgan fingerprint density at radius 3 is 2.35 bits per heavy atom. The van der Waals surface area contributed by atoms with Crippen molar-refractivity contribution < 1.29 is 34.4 Å². The summed E-state index contributed by atoms with van der Waals surface area (Å²) in [4.78, 5) is 32.0. The van der Waals surface area contributed by atoms with E-state index < -0.39 is 24.1 Å². The van der Waals surface area contributed by atoms with Gasteiger partial charge < -0.3 is 30.3 Å². The van der Waals surface area contributed by atoms with Crippen molar-refractivity contribution >= 4 is 18.0 Å². The van der Waals surface area contributed by atoms with E-state index in [-0.39, 0.29) is 13.2 Å². The first-order valence-electron chi connectivity index (χ1n) is 6.74. The van der Waals surface area contributed by atoms with Gasteiger partial charge in [0.2, 0.25) is 0 Å². The highest BCUT2D eigenvalue weighted by Crippen LogP contribution is 2.07. The van der Waals surface area contributed by atoms with E-state index in [0.29, 0.717) is 18.8 Å². The Morgan fingerprint density at radius 2 is 1.83 bits per heavy atom. The molecule has 0 radical (unpaired) electrons. The van der Waals surface area contributed by atoms with E-state index in [1.165, 1.54) is 0 Å². The van der Waals surface area contributed by atoms with Gasteiger partial charge in [-0.15, -0.1) is 0 Å². The zero-order chi connectivity index (χ0) is 17.2. The van der Waals surface area contributed by atoms with E-state index in [9.17, 15) is 14.4 Å². The van der Waals surface area contributed by atoms with E-state index in [1.807, 2.05) is 6.07 Å². The summed E-state index contributed by atoms with van der Waals surface area (Å²) in [6.07, 6.45) is -1.07. The lowest BCUT2D eigenvalue weighted by atomic mass is 10.2. The Balaban J connectivity index is 0.000000231. The van der Waals surface area contributed by atoms with Crippen molar-refractivity contribution in [1.29, 1.82) is 0 Å². The van der Waals surface area contributed by atoms with Crippen LogP contribution in [0.5, 0.6) is 5.75 Å². The van der Waals surface area contributed by atoms with Gasteiger partial charge in [0.25, 0.3) is 0 Å². The molecule has 0 aliphatic carbocycles. The number of para-hydroxylation sites is 1. The van der Waals surface area contributed by atoms with Gasteiger partial charge in [-0.2, -0.15) is 0 Å². The molecule has 1 aromatic carbocycles. The number of ether oxygens (including phenoxy) is 1. The van der Waals surface area contributed by atoms with Crippen LogP contribution in [0.25, 0.3) is 0 Å². The van der Waals surface area contributed by atoms with Gasteiger partial charge in [0.15, 0.2) is 6.61 Å². The fourth-order valence-corrected chi connectivity index (χ4v) is 1.75. The summed E-state index contributed by atoms with van der Waals surface area (Å²) >= 11 is 0. The van der Waals surface area contributed by atoms with Crippen LogP contribution in [0.3, 0.4) is 0 Å². The highest BCUT2D eigenvalue weighted by molar-refractivity contribution is 5.75. The van der Waals surface area contributed by atoms with E-state index in [4.69, 9.17) is 20.1 Å². The topological polar surface area (TPSA) is 136 Å². The predicted molar refractivity (Wildman–Crippen MR) is 78.6 cm³/mol. The van der Waals surface area contributed by atoms with Gasteiger partial charge in [-0.3, -0.25) is 4.79 Å². The van der Waals surface area contributed by atoms with Gasteiger partial charge in [0.05, 0.1) is 6.54 Å². The summed E-state index contributed by atoms with van der Waals surface area (Å²) in [5, 5.41) is 28.0. The van der Waals surface area contributed by atoms with Crippen molar-refractivity contribution in [2.45, 2.75) is 6.04 Å². The number of carboxylic acid groups (broad SMARTS) is 3. The minimum Gasteiger partial charge on any atom is -0.482 e. The number of hydrogen-bond acceptors (Lipinski definition) is 5. The Labute approximate surface area is 132 Å². The Morgan fingerprint density at radius 1 is 1.17 bits per heavy atom. The van der Waals surface area contributed by atoms with Crippen LogP contribution < -0.4 is 10.1 Å². The van der Waals surface area contributed by atoms with E-state index in [0.717, 1.165) is 4.90 Å². The standard InChI is InChI=1S/C8H8O3.C6H10N2O4/c9-8(10)6-11-7-4-2-1-3-5-7;9-5(10)4-3-8(6(11)12)2-1-7-4/h1-5H,6H2,(H,9,10);4,7H,1-3H2,(H,9,10)(H,11,12). The first kappa shape index (κ1) is 18.2. The third-order valence-electron chi connectivity index (χ3n) is 2.85. The summed E-state index contributed by atoms with van der Waals surface area (Å²) in [6, 6.07) is 8.07. The number of aliphatic carboxylic acids is 2. The van der Waals surface area contributed by atoms with Crippen LogP contribution in [0.1, 0.15) is 0 Å². The van der Waals surface area contributed by atoms with Gasteiger partial charge >= 0.3 is 18.0 Å². The molecule has 0 spiro atoms. The lowest BCUT2D eigenvalue weighted by Gasteiger charge is -2.29. The second kappa shape index (κ2) is 9.26. The first-order valence-corrected chi connectivity index (χ1v) is 6.74. The van der Waals surface area contributed by atoms with Crippen LogP contribution in [0.2, 0.25) is 0 Å². The molecular weight excluding hydrogens is 308 g/mol. The largest absolute Gasteiger partial charge is 0.482 e. The normalized spacial score (nSPS) is 16.7. The molecule has 1 aromatic rings. The van der Waals surface area contributed by atoms with Gasteiger partial charge in [0, 0.05) is 13.1 Å². The molecule has 4 N–H and O–H groups in total. The lowest BCUT2D eigenvalue weighted by molar-refractivity contribution is -0.140. The SMILES string of the molecule is O=C(O)C1CN(C(=O)O)CCN1.O=C(O)COc1ccccc1. The molecule has 1 saturated heterocycles. The molecule has 1 amide bonds. The minimum absolute atomic E-state index is 0.0185. The van der Waals surface area contributed by atoms with Gasteiger partial charge in [-0.25, -0.2) is 9.59 Å². The molecule has 0 bridgehead atoms. The maximum absolute atomic E-state index is 10.4. The maximum atomic E-state index is 10.4. The smallest absolute Gasteiger partial charge is 0.407 e. The number of amides is 1. The zero-order valence-electron chi connectivity index (χ0n) is 12.2. The summed E-state index contributed by atoms with van der Waals surface area (Å²) in [5.41, 5.74) is 0. The Hall–Kier alpha value is -2.81. The van der Waals surface area contributed by atoms with Gasteiger partial charge in [-0.05, 0) is 12.1 Å². The summed E-state index contributed by atoms with van der Waals surface area (Å²) in [7, 11) is 0. The number of benzene rings is 1. The van der Waals surface area contributed by atoms with E-state index in [2.05, 4.69) is 5.32 Å². The quantitative estimate of drug-likeness (QED) is 0.615. The van der Waals surface area contributed by atoms with Crippen LogP contribution in [0.15, 0.2) is 30.3 Å². The van der Waals surface area contributed by atoms with Crippen molar-refractivity contribution in [3.63, 3.8) is 0 Å². The molecule has 126 valence electrons. The molecule has 1 fully saturated rings. The molecule has 9 heteroatoms. The number of carboxylic acids is 2. The average Bonchev–Trinajstić information content (AvgIpc) is 2.54. The summed E-state index contributed by atoms with van der Waals surface area (Å²) in [5.74, 6) is -1.40. The van der Waals surface area contributed by atoms with Crippen molar-refractivity contribution in [3.8, 4) is 5.75 Å². The fraction of sp³-hybridized carbons (Fsp3) is 0.357. The molecule has 9 nitrogen and oxygen atoms in total. The molecule has 1 atom stereocenters. The van der Waals surface area contributed by atoms with Crippen molar-refractivity contribution in [2.75, 3.05) is 26.2 Å². The van der Waals surface area contributed by atoms with Crippen LogP contribution >= 0.6 is 0 Å². The van der Waals surface area contributed by atoms with E-state index >= 15 is 0 Å². The highest BCUT2D eigenvalue weighted by atomic mass is 16.5. The van der Waals surface area contributed by atoms with Gasteiger partial charge in [0.1, 0.15) is 11.8 Å². The second-order valence-corrected chi connectivity index (χ2v) is 4.57. The summed E-state index contributed by atoms with van der Waals surface area (Å²) < 4.78 is 4.87. The minimum atomic E-state index is -1.07. The molecule has 2 rings (SSSR count). The molecule has 1 aliphatic rings. The van der Waals surface area contributed by atoms with E-state index in [1.54, 1.807) is 24.3 Å². The number of carbonyl (C=O) groups is 3. The molecule has 0 saturated carbocycles. The zero-order valence-corrected chi connectivity index (χ0v) is 12.2. The average molecular weight is 326 g/mol. The second-order valence-electron chi connectivity index (χ2n) is 4.57. The number of rotatable bonds is 4. The number of piperazine rings is 1. The summed E-state index contributed by atoms with van der Waals surface area (Å²) in [6.45, 7) is 0.469. The Kier molecular flexibility index (Phi) is 7.34. The van der Waals surface area contributed by atoms with Crippen LogP contribution in [-0.2, 0) is 9.59 Å². The first-order chi connectivity index (χ1) is 10.9. The Bertz CT molecular complexity index is 515. The molecule has 0 aromatic heterocycles. The van der Waals surface area contributed by atoms with Gasteiger partial charge in [-0.1, -0.05) is 18.2 Å². The monoisotopic (exact) mass is 326 g/mol. The molecule has 1 unspecified atom stereocenters. The third kappa shape index (κ3) is 7.14.